The third kappa shape index (κ3) is 5.03. The minimum atomic E-state index is 0.637. The van der Waals surface area contributed by atoms with E-state index in [4.69, 9.17) is 0 Å². The minimum Gasteiger partial charge on any atom is -0.353 e. The zero-order valence-corrected chi connectivity index (χ0v) is 14.2. The van der Waals surface area contributed by atoms with Gasteiger partial charge in [0.15, 0.2) is 0 Å². The van der Waals surface area contributed by atoms with E-state index in [1.54, 1.807) is 0 Å². The highest BCUT2D eigenvalue weighted by Crippen LogP contribution is 2.22. The van der Waals surface area contributed by atoms with Crippen LogP contribution in [0.25, 0.3) is 0 Å². The van der Waals surface area contributed by atoms with Gasteiger partial charge in [-0.2, -0.15) is 0 Å². The number of rotatable bonds is 8. The highest BCUT2D eigenvalue weighted by molar-refractivity contribution is 5.30. The number of aromatic nitrogens is 2. The van der Waals surface area contributed by atoms with Crippen molar-refractivity contribution in [1.82, 2.24) is 14.5 Å². The summed E-state index contributed by atoms with van der Waals surface area (Å²) in [5, 5.41) is 3.64. The molecule has 4 nitrogen and oxygen atoms in total. The second-order valence-corrected chi connectivity index (χ2v) is 6.81. The third-order valence-corrected chi connectivity index (χ3v) is 4.63. The summed E-state index contributed by atoms with van der Waals surface area (Å²) in [4.78, 5) is 7.07. The molecule has 0 unspecified atom stereocenters. The van der Waals surface area contributed by atoms with E-state index in [1.807, 2.05) is 0 Å². The van der Waals surface area contributed by atoms with Crippen LogP contribution < -0.4 is 5.32 Å². The second-order valence-electron chi connectivity index (χ2n) is 6.81. The lowest BCUT2D eigenvalue weighted by Gasteiger charge is -2.21. The lowest BCUT2D eigenvalue weighted by molar-refractivity contribution is 0.266. The van der Waals surface area contributed by atoms with Gasteiger partial charge in [-0.1, -0.05) is 12.8 Å². The first-order chi connectivity index (χ1) is 10.1. The van der Waals surface area contributed by atoms with Gasteiger partial charge in [0.25, 0.3) is 0 Å². The van der Waals surface area contributed by atoms with Crippen LogP contribution in [0.15, 0.2) is 6.20 Å². The molecule has 21 heavy (non-hydrogen) atoms. The Bertz CT molecular complexity index is 418. The SMILES string of the molecule is Cc1cn(CCCCN(C)C(C)C)c(NC2CCCC2)n1. The largest absolute Gasteiger partial charge is 0.353 e. The number of aryl methyl sites for hydroxylation is 2. The van der Waals surface area contributed by atoms with Crippen LogP contribution in [-0.4, -0.2) is 40.1 Å². The smallest absolute Gasteiger partial charge is 0.203 e. The van der Waals surface area contributed by atoms with Gasteiger partial charge >= 0.3 is 0 Å². The maximum Gasteiger partial charge on any atom is 0.203 e. The molecule has 0 radical (unpaired) electrons. The van der Waals surface area contributed by atoms with Crippen LogP contribution in [0, 0.1) is 6.92 Å². The average molecular weight is 292 g/mol. The molecule has 0 atom stereocenters. The molecule has 0 aromatic carbocycles. The molecule has 0 saturated heterocycles. The average Bonchev–Trinajstić information content (AvgIpc) is 3.05. The lowest BCUT2D eigenvalue weighted by atomic mass is 10.2. The van der Waals surface area contributed by atoms with Gasteiger partial charge in [0.1, 0.15) is 0 Å². The minimum absolute atomic E-state index is 0.637. The summed E-state index contributed by atoms with van der Waals surface area (Å²) in [7, 11) is 2.21. The zero-order valence-electron chi connectivity index (χ0n) is 14.2. The lowest BCUT2D eigenvalue weighted by Crippen LogP contribution is -2.27. The molecular formula is C17H32N4. The van der Waals surface area contributed by atoms with Gasteiger partial charge in [0.05, 0.1) is 5.69 Å². The van der Waals surface area contributed by atoms with Crippen molar-refractivity contribution in [2.24, 2.45) is 0 Å². The van der Waals surface area contributed by atoms with E-state index in [0.29, 0.717) is 12.1 Å². The molecule has 1 aliphatic rings. The van der Waals surface area contributed by atoms with Gasteiger partial charge < -0.3 is 14.8 Å². The summed E-state index contributed by atoms with van der Waals surface area (Å²) in [6.07, 6.45) is 9.96. The molecule has 0 spiro atoms. The molecule has 2 rings (SSSR count). The molecule has 0 amide bonds. The van der Waals surface area contributed by atoms with E-state index in [0.717, 1.165) is 18.2 Å². The second kappa shape index (κ2) is 7.83. The van der Waals surface area contributed by atoms with Crippen LogP contribution in [0.3, 0.4) is 0 Å². The Balaban J connectivity index is 1.79. The van der Waals surface area contributed by atoms with E-state index >= 15 is 0 Å². The molecule has 1 N–H and O–H groups in total. The Labute approximate surface area is 129 Å². The molecule has 1 aromatic rings. The quantitative estimate of drug-likeness (QED) is 0.742. The standard InChI is InChI=1S/C17H32N4/c1-14(2)20(4)11-7-8-12-21-13-15(3)18-17(21)19-16-9-5-6-10-16/h13-14,16H,5-12H2,1-4H3,(H,18,19). The van der Waals surface area contributed by atoms with Crippen LogP contribution in [-0.2, 0) is 6.54 Å². The first-order valence-electron chi connectivity index (χ1n) is 8.57. The third-order valence-electron chi connectivity index (χ3n) is 4.63. The number of nitrogens with one attached hydrogen (secondary N) is 1. The number of anilines is 1. The van der Waals surface area contributed by atoms with Gasteiger partial charge in [0, 0.05) is 24.8 Å². The Morgan fingerprint density at radius 3 is 2.71 bits per heavy atom. The molecule has 4 heteroatoms. The maximum atomic E-state index is 4.66. The predicted molar refractivity (Wildman–Crippen MR) is 89.8 cm³/mol. The number of unbranched alkanes of at least 4 members (excludes halogenated alkanes) is 1. The summed E-state index contributed by atoms with van der Waals surface area (Å²) >= 11 is 0. The number of hydrogen-bond acceptors (Lipinski definition) is 3. The summed E-state index contributed by atoms with van der Waals surface area (Å²) in [6.45, 7) is 8.84. The molecule has 0 bridgehead atoms. The van der Waals surface area contributed by atoms with E-state index in [9.17, 15) is 0 Å². The number of nitrogens with zero attached hydrogens (tertiary/aromatic N) is 3. The molecule has 120 valence electrons. The fraction of sp³-hybridized carbons (Fsp3) is 0.824. The van der Waals surface area contributed by atoms with Crippen molar-refractivity contribution in [3.05, 3.63) is 11.9 Å². The Morgan fingerprint density at radius 2 is 2.05 bits per heavy atom. The molecule has 1 aliphatic carbocycles. The van der Waals surface area contributed by atoms with Crippen molar-refractivity contribution in [2.45, 2.75) is 77.9 Å². The van der Waals surface area contributed by atoms with Gasteiger partial charge in [-0.05, 0) is 60.0 Å². The highest BCUT2D eigenvalue weighted by atomic mass is 15.2. The number of imidazole rings is 1. The van der Waals surface area contributed by atoms with Crippen molar-refractivity contribution in [2.75, 3.05) is 18.9 Å². The van der Waals surface area contributed by atoms with Crippen LogP contribution >= 0.6 is 0 Å². The van der Waals surface area contributed by atoms with E-state index < -0.39 is 0 Å². The fourth-order valence-corrected chi connectivity index (χ4v) is 2.99. The van der Waals surface area contributed by atoms with Crippen LogP contribution in [0.2, 0.25) is 0 Å². The Morgan fingerprint density at radius 1 is 1.33 bits per heavy atom. The van der Waals surface area contributed by atoms with Crippen molar-refractivity contribution in [1.29, 1.82) is 0 Å². The summed E-state index contributed by atoms with van der Waals surface area (Å²) in [6, 6.07) is 1.28. The Kier molecular flexibility index (Phi) is 6.09. The number of hydrogen-bond donors (Lipinski definition) is 1. The first-order valence-corrected chi connectivity index (χ1v) is 8.57. The monoisotopic (exact) mass is 292 g/mol. The normalized spacial score (nSPS) is 16.3. The van der Waals surface area contributed by atoms with Gasteiger partial charge in [-0.3, -0.25) is 0 Å². The van der Waals surface area contributed by atoms with Gasteiger partial charge in [0.2, 0.25) is 5.95 Å². The van der Waals surface area contributed by atoms with Crippen molar-refractivity contribution in [3.8, 4) is 0 Å². The van der Waals surface area contributed by atoms with E-state index in [1.165, 1.54) is 45.1 Å². The van der Waals surface area contributed by atoms with Crippen LogP contribution in [0.5, 0.6) is 0 Å². The van der Waals surface area contributed by atoms with Crippen molar-refractivity contribution >= 4 is 5.95 Å². The molecule has 1 fully saturated rings. The van der Waals surface area contributed by atoms with E-state index in [2.05, 4.69) is 53.8 Å². The summed E-state index contributed by atoms with van der Waals surface area (Å²) in [5.41, 5.74) is 1.12. The van der Waals surface area contributed by atoms with Crippen LogP contribution in [0.4, 0.5) is 5.95 Å². The molecule has 1 saturated carbocycles. The molecule has 0 aliphatic heterocycles. The van der Waals surface area contributed by atoms with Gasteiger partial charge in [-0.25, -0.2) is 4.98 Å². The van der Waals surface area contributed by atoms with Crippen molar-refractivity contribution < 1.29 is 0 Å². The molecule has 1 aromatic heterocycles. The highest BCUT2D eigenvalue weighted by Gasteiger charge is 2.17. The van der Waals surface area contributed by atoms with Gasteiger partial charge in [-0.15, -0.1) is 0 Å². The Hall–Kier alpha value is -1.03. The van der Waals surface area contributed by atoms with E-state index in [-0.39, 0.29) is 0 Å². The zero-order chi connectivity index (χ0) is 15.2. The van der Waals surface area contributed by atoms with Crippen molar-refractivity contribution in [3.63, 3.8) is 0 Å². The molecular weight excluding hydrogens is 260 g/mol. The predicted octanol–water partition coefficient (Wildman–Crippen LogP) is 3.67. The molecule has 1 heterocycles. The first kappa shape index (κ1) is 16.3. The van der Waals surface area contributed by atoms with Crippen LogP contribution in [0.1, 0.15) is 58.1 Å². The summed E-state index contributed by atoms with van der Waals surface area (Å²) < 4.78 is 2.31. The summed E-state index contributed by atoms with van der Waals surface area (Å²) in [5.74, 6) is 1.08. The maximum absolute atomic E-state index is 4.66. The topological polar surface area (TPSA) is 33.1 Å². The fourth-order valence-electron chi connectivity index (χ4n) is 2.99.